The Morgan fingerprint density at radius 2 is 1.87 bits per heavy atom. The molecule has 23 heavy (non-hydrogen) atoms. The molecule has 0 heterocycles. The van der Waals surface area contributed by atoms with Crippen LogP contribution in [-0.4, -0.2) is 17.2 Å². The summed E-state index contributed by atoms with van der Waals surface area (Å²) in [6.45, 7) is 3.86. The van der Waals surface area contributed by atoms with Crippen LogP contribution >= 0.6 is 15.9 Å². The van der Waals surface area contributed by atoms with E-state index in [0.717, 1.165) is 22.0 Å². The van der Waals surface area contributed by atoms with Crippen molar-refractivity contribution in [1.82, 2.24) is 0 Å². The number of hydrogen-bond acceptors (Lipinski definition) is 3. The molecule has 1 unspecified atom stereocenters. The summed E-state index contributed by atoms with van der Waals surface area (Å²) in [6, 6.07) is 14.9. The smallest absolute Gasteiger partial charge is 0.220 e. The van der Waals surface area contributed by atoms with Gasteiger partial charge < -0.3 is 9.84 Å². The van der Waals surface area contributed by atoms with Crippen molar-refractivity contribution in [2.45, 2.75) is 24.6 Å². The number of carbonyl (C=O) groups excluding carboxylic acids is 1. The lowest BCUT2D eigenvalue weighted by atomic mass is 10.0. The second-order valence-corrected chi connectivity index (χ2v) is 5.73. The van der Waals surface area contributed by atoms with Crippen molar-refractivity contribution < 1.29 is 14.6 Å². The summed E-state index contributed by atoms with van der Waals surface area (Å²) in [6.07, 6.45) is 0.982. The van der Waals surface area contributed by atoms with Crippen LogP contribution in [0.25, 0.3) is 0 Å². The van der Waals surface area contributed by atoms with Gasteiger partial charge in [-0.25, -0.2) is 0 Å². The maximum absolute atomic E-state index is 12.2. The van der Waals surface area contributed by atoms with Crippen LogP contribution in [-0.2, 0) is 23.1 Å². The number of Topliss-reactive ketones (excluding diaryl/α,β-unsaturated/α-hetero) is 1. The van der Waals surface area contributed by atoms with Crippen LogP contribution in [0.2, 0.25) is 0 Å². The number of halogens is 1. The lowest BCUT2D eigenvalue weighted by Gasteiger charge is -2.12. The van der Waals surface area contributed by atoms with Crippen LogP contribution in [0.15, 0.2) is 61.2 Å². The third-order valence-corrected chi connectivity index (χ3v) is 4.05. The molecular weight excluding hydrogens is 356 g/mol. The molecule has 4 heteroatoms. The second kappa shape index (κ2) is 8.77. The fraction of sp³-hybridized carbons (Fsp3) is 0.211. The predicted molar refractivity (Wildman–Crippen MR) is 94.5 cm³/mol. The fourth-order valence-electron chi connectivity index (χ4n) is 2.14. The van der Waals surface area contributed by atoms with Crippen LogP contribution in [0.4, 0.5) is 0 Å². The predicted octanol–water partition coefficient (Wildman–Crippen LogP) is 4.03. The van der Waals surface area contributed by atoms with Gasteiger partial charge in [-0.1, -0.05) is 64.5 Å². The number of aliphatic hydroxyl groups is 1. The lowest BCUT2D eigenvalue weighted by Crippen LogP contribution is -2.23. The third kappa shape index (κ3) is 5.13. The molecular formula is C19H19BrO3. The standard InChI is InChI=1S/C19H19BrO3/c1-2-4-14-5-3-6-17(11-14)18(21)19(22)23-13-16-9-7-15(12-20)8-10-16/h2-3,5-11,19,22H,1,4,12-13H2. The molecule has 0 fully saturated rings. The van der Waals surface area contributed by atoms with Gasteiger partial charge in [0.2, 0.25) is 12.1 Å². The molecule has 0 saturated heterocycles. The number of carbonyl (C=O) groups is 1. The normalized spacial score (nSPS) is 11.9. The molecule has 0 radical (unpaired) electrons. The van der Waals surface area contributed by atoms with E-state index in [0.29, 0.717) is 12.0 Å². The highest BCUT2D eigenvalue weighted by Crippen LogP contribution is 2.12. The number of ketones is 1. The number of ether oxygens (including phenoxy) is 1. The Balaban J connectivity index is 1.96. The molecule has 2 aromatic carbocycles. The average molecular weight is 375 g/mol. The van der Waals surface area contributed by atoms with E-state index < -0.39 is 12.1 Å². The van der Waals surface area contributed by atoms with Gasteiger partial charge in [-0.15, -0.1) is 6.58 Å². The zero-order chi connectivity index (χ0) is 16.7. The fourth-order valence-corrected chi connectivity index (χ4v) is 2.51. The summed E-state index contributed by atoms with van der Waals surface area (Å²) >= 11 is 3.38. The van der Waals surface area contributed by atoms with Gasteiger partial charge >= 0.3 is 0 Å². The van der Waals surface area contributed by atoms with E-state index >= 15 is 0 Å². The quantitative estimate of drug-likeness (QED) is 0.328. The molecule has 1 N–H and O–H groups in total. The molecule has 0 aliphatic rings. The maximum Gasteiger partial charge on any atom is 0.220 e. The first-order valence-corrected chi connectivity index (χ1v) is 8.43. The molecule has 0 amide bonds. The Labute approximate surface area is 144 Å². The van der Waals surface area contributed by atoms with Crippen LogP contribution in [0.3, 0.4) is 0 Å². The SMILES string of the molecule is C=CCc1cccc(C(=O)C(O)OCc2ccc(CBr)cc2)c1. The number of allylic oxidation sites excluding steroid dienone is 1. The molecule has 3 nitrogen and oxygen atoms in total. The Morgan fingerprint density at radius 1 is 1.17 bits per heavy atom. The largest absolute Gasteiger partial charge is 0.362 e. The zero-order valence-corrected chi connectivity index (χ0v) is 14.3. The molecule has 0 bridgehead atoms. The van der Waals surface area contributed by atoms with Gasteiger partial charge in [0, 0.05) is 10.9 Å². The summed E-state index contributed by atoms with van der Waals surface area (Å²) in [7, 11) is 0. The first-order chi connectivity index (χ1) is 11.1. The summed E-state index contributed by atoms with van der Waals surface area (Å²) in [4.78, 5) is 12.2. The minimum atomic E-state index is -1.47. The number of alkyl halides is 1. The van der Waals surface area contributed by atoms with Gasteiger partial charge in [-0.3, -0.25) is 4.79 Å². The van der Waals surface area contributed by atoms with Crippen molar-refractivity contribution in [2.24, 2.45) is 0 Å². The molecule has 120 valence electrons. The number of rotatable bonds is 8. The molecule has 0 aliphatic heterocycles. The van der Waals surface area contributed by atoms with Crippen LogP contribution in [0.1, 0.15) is 27.0 Å². The Bertz CT molecular complexity index is 665. The highest BCUT2D eigenvalue weighted by molar-refractivity contribution is 9.08. The summed E-state index contributed by atoms with van der Waals surface area (Å²) < 4.78 is 5.29. The number of aliphatic hydroxyl groups excluding tert-OH is 1. The molecule has 0 aliphatic carbocycles. The Morgan fingerprint density at radius 3 is 2.52 bits per heavy atom. The Kier molecular flexibility index (Phi) is 6.71. The van der Waals surface area contributed by atoms with Crippen molar-refractivity contribution in [3.63, 3.8) is 0 Å². The Hall–Kier alpha value is -1.75. The minimum Gasteiger partial charge on any atom is -0.362 e. The highest BCUT2D eigenvalue weighted by atomic mass is 79.9. The first kappa shape index (κ1) is 17.6. The second-order valence-electron chi connectivity index (χ2n) is 5.17. The molecule has 2 aromatic rings. The van der Waals surface area contributed by atoms with Crippen LogP contribution in [0, 0.1) is 0 Å². The van der Waals surface area contributed by atoms with E-state index in [2.05, 4.69) is 22.5 Å². The van der Waals surface area contributed by atoms with E-state index in [4.69, 9.17) is 4.74 Å². The lowest BCUT2D eigenvalue weighted by molar-refractivity contribution is -0.0800. The topological polar surface area (TPSA) is 46.5 Å². The van der Waals surface area contributed by atoms with Gasteiger partial charge in [0.25, 0.3) is 0 Å². The number of benzene rings is 2. The van der Waals surface area contributed by atoms with Gasteiger partial charge in [0.05, 0.1) is 6.61 Å². The van der Waals surface area contributed by atoms with Crippen molar-refractivity contribution >= 4 is 21.7 Å². The van der Waals surface area contributed by atoms with Crippen molar-refractivity contribution in [1.29, 1.82) is 0 Å². The average Bonchev–Trinajstić information content (AvgIpc) is 2.60. The van der Waals surface area contributed by atoms with Crippen LogP contribution < -0.4 is 0 Å². The summed E-state index contributed by atoms with van der Waals surface area (Å²) in [5.41, 5.74) is 3.47. The molecule has 0 aromatic heterocycles. The van der Waals surface area contributed by atoms with Gasteiger partial charge in [-0.2, -0.15) is 0 Å². The summed E-state index contributed by atoms with van der Waals surface area (Å²) in [5, 5.41) is 10.7. The maximum atomic E-state index is 12.2. The third-order valence-electron chi connectivity index (χ3n) is 3.40. The van der Waals surface area contributed by atoms with Gasteiger partial charge in [0.1, 0.15) is 0 Å². The van der Waals surface area contributed by atoms with Crippen LogP contribution in [0.5, 0.6) is 0 Å². The number of hydrogen-bond donors (Lipinski definition) is 1. The van der Waals surface area contributed by atoms with E-state index in [9.17, 15) is 9.90 Å². The van der Waals surface area contributed by atoms with E-state index in [1.807, 2.05) is 30.3 Å². The van der Waals surface area contributed by atoms with Gasteiger partial charge in [0.15, 0.2) is 0 Å². The molecule has 0 spiro atoms. The van der Waals surface area contributed by atoms with Crippen molar-refractivity contribution in [3.05, 3.63) is 83.4 Å². The van der Waals surface area contributed by atoms with Gasteiger partial charge in [-0.05, 0) is 29.2 Å². The molecule has 2 rings (SSSR count). The van der Waals surface area contributed by atoms with Crippen molar-refractivity contribution in [2.75, 3.05) is 0 Å². The first-order valence-electron chi connectivity index (χ1n) is 7.31. The monoisotopic (exact) mass is 374 g/mol. The molecule has 1 atom stereocenters. The minimum absolute atomic E-state index is 0.182. The van der Waals surface area contributed by atoms with Crippen molar-refractivity contribution in [3.8, 4) is 0 Å². The van der Waals surface area contributed by atoms with E-state index in [1.165, 1.54) is 0 Å². The van der Waals surface area contributed by atoms with E-state index in [1.54, 1.807) is 24.3 Å². The van der Waals surface area contributed by atoms with E-state index in [-0.39, 0.29) is 6.61 Å². The highest BCUT2D eigenvalue weighted by Gasteiger charge is 2.18. The summed E-state index contributed by atoms with van der Waals surface area (Å²) in [5.74, 6) is -0.437. The molecule has 0 saturated carbocycles. The zero-order valence-electron chi connectivity index (χ0n) is 12.7.